The highest BCUT2D eigenvalue weighted by Gasteiger charge is 2.10. The van der Waals surface area contributed by atoms with E-state index < -0.39 is 0 Å². The molecule has 1 aromatic heterocycles. The zero-order valence-corrected chi connectivity index (χ0v) is 13.8. The smallest absolute Gasteiger partial charge is 0.187 e. The van der Waals surface area contributed by atoms with Gasteiger partial charge in [-0.25, -0.2) is 4.98 Å². The maximum Gasteiger partial charge on any atom is 0.187 e. The molecule has 0 saturated heterocycles. The van der Waals surface area contributed by atoms with E-state index >= 15 is 0 Å². The largest absolute Gasteiger partial charge is 0.399 e. The van der Waals surface area contributed by atoms with Crippen LogP contribution in [-0.4, -0.2) is 4.98 Å². The number of nitrogens with one attached hydrogen (secondary N) is 1. The van der Waals surface area contributed by atoms with Gasteiger partial charge in [0.05, 0.1) is 5.69 Å². The molecule has 3 N–H and O–H groups in total. The summed E-state index contributed by atoms with van der Waals surface area (Å²) in [6.07, 6.45) is 0. The van der Waals surface area contributed by atoms with Crippen molar-refractivity contribution in [1.29, 1.82) is 0 Å². The van der Waals surface area contributed by atoms with Crippen molar-refractivity contribution in [2.45, 2.75) is 20.8 Å². The van der Waals surface area contributed by atoms with Crippen molar-refractivity contribution < 1.29 is 0 Å². The van der Waals surface area contributed by atoms with Gasteiger partial charge in [-0.05, 0) is 56.2 Å². The van der Waals surface area contributed by atoms with Gasteiger partial charge in [0.2, 0.25) is 0 Å². The number of hydrogen-bond donors (Lipinski definition) is 2. The highest BCUT2D eigenvalue weighted by atomic mass is 32.1. The Hall–Kier alpha value is -2.33. The highest BCUT2D eigenvalue weighted by Crippen LogP contribution is 2.32. The molecular weight excluding hydrogens is 290 g/mol. The Morgan fingerprint density at radius 1 is 1.00 bits per heavy atom. The minimum atomic E-state index is 0.743. The summed E-state index contributed by atoms with van der Waals surface area (Å²) in [7, 11) is 0. The fourth-order valence-corrected chi connectivity index (χ4v) is 3.20. The molecule has 0 atom stereocenters. The number of benzene rings is 2. The van der Waals surface area contributed by atoms with Gasteiger partial charge in [0.15, 0.2) is 5.13 Å². The first kappa shape index (κ1) is 14.6. The van der Waals surface area contributed by atoms with Crippen LogP contribution < -0.4 is 11.1 Å². The topological polar surface area (TPSA) is 50.9 Å². The number of anilines is 3. The summed E-state index contributed by atoms with van der Waals surface area (Å²) in [5.41, 5.74) is 12.3. The molecule has 112 valence electrons. The van der Waals surface area contributed by atoms with Crippen LogP contribution in [0.1, 0.15) is 16.0 Å². The molecule has 0 aliphatic heterocycles. The fraction of sp³-hybridized carbons (Fsp3) is 0.167. The Kier molecular flexibility index (Phi) is 3.86. The van der Waals surface area contributed by atoms with Crippen molar-refractivity contribution in [2.75, 3.05) is 11.1 Å². The molecule has 0 saturated carbocycles. The van der Waals surface area contributed by atoms with Crippen LogP contribution in [-0.2, 0) is 0 Å². The van der Waals surface area contributed by atoms with Gasteiger partial charge in [-0.1, -0.05) is 18.2 Å². The summed E-state index contributed by atoms with van der Waals surface area (Å²) in [5, 5.41) is 4.21. The molecule has 3 aromatic rings. The van der Waals surface area contributed by atoms with Crippen LogP contribution in [0.2, 0.25) is 0 Å². The van der Waals surface area contributed by atoms with E-state index in [0.29, 0.717) is 0 Å². The minimum absolute atomic E-state index is 0.743. The van der Waals surface area contributed by atoms with Crippen LogP contribution in [0.3, 0.4) is 0 Å². The number of nitrogen functional groups attached to an aromatic ring is 1. The van der Waals surface area contributed by atoms with Crippen molar-refractivity contribution in [3.8, 4) is 11.3 Å². The average Bonchev–Trinajstić information content (AvgIpc) is 2.82. The van der Waals surface area contributed by atoms with Gasteiger partial charge >= 0.3 is 0 Å². The van der Waals surface area contributed by atoms with Gasteiger partial charge in [0.25, 0.3) is 0 Å². The van der Waals surface area contributed by atoms with E-state index in [1.165, 1.54) is 16.0 Å². The van der Waals surface area contributed by atoms with E-state index in [-0.39, 0.29) is 0 Å². The third-order valence-corrected chi connectivity index (χ3v) is 4.60. The standard InChI is InChI=1S/C18H19N3S/c1-11-7-8-14(9-12(11)2)17-13(3)22-18(21-17)20-16-6-4-5-15(19)10-16/h4-10H,19H2,1-3H3,(H,20,21). The van der Waals surface area contributed by atoms with Crippen molar-refractivity contribution >= 4 is 27.8 Å². The second kappa shape index (κ2) is 5.81. The third kappa shape index (κ3) is 2.97. The number of nitrogens with zero attached hydrogens (tertiary/aromatic N) is 1. The van der Waals surface area contributed by atoms with Gasteiger partial charge in [-0.2, -0.15) is 0 Å². The van der Waals surface area contributed by atoms with E-state index in [9.17, 15) is 0 Å². The number of rotatable bonds is 3. The molecule has 22 heavy (non-hydrogen) atoms. The Balaban J connectivity index is 1.92. The lowest BCUT2D eigenvalue weighted by Crippen LogP contribution is -1.92. The lowest BCUT2D eigenvalue weighted by molar-refractivity contribution is 1.31. The lowest BCUT2D eigenvalue weighted by atomic mass is 10.0. The zero-order valence-electron chi connectivity index (χ0n) is 13.0. The molecular formula is C18H19N3S. The third-order valence-electron chi connectivity index (χ3n) is 3.71. The van der Waals surface area contributed by atoms with Crippen molar-refractivity contribution in [3.63, 3.8) is 0 Å². The molecule has 0 aliphatic carbocycles. The van der Waals surface area contributed by atoms with Gasteiger partial charge in [-0.3, -0.25) is 0 Å². The van der Waals surface area contributed by atoms with Gasteiger partial charge in [-0.15, -0.1) is 11.3 Å². The SMILES string of the molecule is Cc1ccc(-c2nc(Nc3cccc(N)c3)sc2C)cc1C. The molecule has 0 amide bonds. The number of thiazole rings is 1. The van der Waals surface area contributed by atoms with Gasteiger partial charge in [0, 0.05) is 21.8 Å². The number of aryl methyl sites for hydroxylation is 3. The second-order valence-electron chi connectivity index (χ2n) is 5.47. The molecule has 2 aromatic carbocycles. The summed E-state index contributed by atoms with van der Waals surface area (Å²) in [4.78, 5) is 5.95. The first-order valence-electron chi connectivity index (χ1n) is 7.20. The Morgan fingerprint density at radius 2 is 1.82 bits per heavy atom. The molecule has 0 bridgehead atoms. The average molecular weight is 309 g/mol. The van der Waals surface area contributed by atoms with E-state index in [0.717, 1.165) is 27.8 Å². The summed E-state index contributed by atoms with van der Waals surface area (Å²) in [6.45, 7) is 6.36. The Morgan fingerprint density at radius 3 is 2.55 bits per heavy atom. The van der Waals surface area contributed by atoms with Crippen molar-refractivity contribution in [2.24, 2.45) is 0 Å². The molecule has 0 aliphatic rings. The van der Waals surface area contributed by atoms with Crippen LogP contribution in [0.4, 0.5) is 16.5 Å². The van der Waals surface area contributed by atoms with Gasteiger partial charge < -0.3 is 11.1 Å². The quantitative estimate of drug-likeness (QED) is 0.665. The maximum absolute atomic E-state index is 5.81. The first-order chi connectivity index (χ1) is 10.5. The molecule has 1 heterocycles. The molecule has 0 fully saturated rings. The van der Waals surface area contributed by atoms with Crippen LogP contribution in [0, 0.1) is 20.8 Å². The number of hydrogen-bond acceptors (Lipinski definition) is 4. The summed E-state index contributed by atoms with van der Waals surface area (Å²) >= 11 is 1.66. The van der Waals surface area contributed by atoms with Gasteiger partial charge in [0.1, 0.15) is 0 Å². The van der Waals surface area contributed by atoms with Crippen LogP contribution in [0.15, 0.2) is 42.5 Å². The Labute approximate surface area is 134 Å². The predicted octanol–water partition coefficient (Wildman–Crippen LogP) is 5.06. The molecule has 0 unspecified atom stereocenters. The normalized spacial score (nSPS) is 10.7. The van der Waals surface area contributed by atoms with Crippen LogP contribution in [0.5, 0.6) is 0 Å². The predicted molar refractivity (Wildman–Crippen MR) is 95.9 cm³/mol. The van der Waals surface area contributed by atoms with Crippen LogP contribution in [0.25, 0.3) is 11.3 Å². The summed E-state index contributed by atoms with van der Waals surface area (Å²) in [5.74, 6) is 0. The number of aromatic nitrogens is 1. The van der Waals surface area contributed by atoms with Crippen molar-refractivity contribution in [3.05, 3.63) is 58.5 Å². The Bertz CT molecular complexity index is 821. The van der Waals surface area contributed by atoms with Crippen LogP contribution >= 0.6 is 11.3 Å². The summed E-state index contributed by atoms with van der Waals surface area (Å²) < 4.78 is 0. The first-order valence-corrected chi connectivity index (χ1v) is 8.02. The zero-order chi connectivity index (χ0) is 15.7. The highest BCUT2D eigenvalue weighted by molar-refractivity contribution is 7.16. The summed E-state index contributed by atoms with van der Waals surface area (Å²) in [6, 6.07) is 14.2. The van der Waals surface area contributed by atoms with E-state index in [1.54, 1.807) is 11.3 Å². The maximum atomic E-state index is 5.81. The molecule has 3 nitrogen and oxygen atoms in total. The fourth-order valence-electron chi connectivity index (χ4n) is 2.35. The van der Waals surface area contributed by atoms with E-state index in [1.807, 2.05) is 24.3 Å². The lowest BCUT2D eigenvalue weighted by Gasteiger charge is -2.04. The molecule has 4 heteroatoms. The van der Waals surface area contributed by atoms with E-state index in [4.69, 9.17) is 10.7 Å². The minimum Gasteiger partial charge on any atom is -0.399 e. The monoisotopic (exact) mass is 309 g/mol. The van der Waals surface area contributed by atoms with E-state index in [2.05, 4.69) is 44.3 Å². The second-order valence-corrected chi connectivity index (χ2v) is 6.68. The molecule has 0 radical (unpaired) electrons. The number of nitrogens with two attached hydrogens (primary N) is 1. The molecule has 3 rings (SSSR count). The van der Waals surface area contributed by atoms with Crippen molar-refractivity contribution in [1.82, 2.24) is 4.98 Å². The molecule has 0 spiro atoms.